The first kappa shape index (κ1) is 15.1. The molecule has 0 aliphatic rings. The zero-order chi connectivity index (χ0) is 16.2. The number of rotatable bonds is 5. The van der Waals surface area contributed by atoms with Crippen LogP contribution in [0.2, 0.25) is 0 Å². The van der Waals surface area contributed by atoms with Crippen LogP contribution in [0.4, 0.5) is 4.39 Å². The summed E-state index contributed by atoms with van der Waals surface area (Å²) in [6.45, 7) is 0. The normalized spacial score (nSPS) is 12.1. The van der Waals surface area contributed by atoms with Gasteiger partial charge in [0.2, 0.25) is 17.6 Å². The van der Waals surface area contributed by atoms with E-state index in [-0.39, 0.29) is 12.3 Å². The van der Waals surface area contributed by atoms with Crippen molar-refractivity contribution in [3.63, 3.8) is 0 Å². The number of aliphatic hydroxyl groups is 1. The molecule has 3 aromatic rings. The van der Waals surface area contributed by atoms with Crippen molar-refractivity contribution in [3.05, 3.63) is 59.9 Å². The van der Waals surface area contributed by atoms with Crippen molar-refractivity contribution in [2.75, 3.05) is 7.11 Å². The maximum Gasteiger partial charge on any atom is 0.229 e. The SMILES string of the molecule is COc1ccc(-c2noc(C[C@@H](O)c3cccc(F)c3)n2)cn1. The lowest BCUT2D eigenvalue weighted by Gasteiger charge is -2.07. The lowest BCUT2D eigenvalue weighted by Crippen LogP contribution is -2.02. The van der Waals surface area contributed by atoms with Gasteiger partial charge in [-0.2, -0.15) is 4.98 Å². The molecular weight excluding hydrogens is 301 g/mol. The topological polar surface area (TPSA) is 81.3 Å². The summed E-state index contributed by atoms with van der Waals surface area (Å²) in [7, 11) is 1.53. The molecule has 7 heteroatoms. The van der Waals surface area contributed by atoms with Crippen LogP contribution in [0.5, 0.6) is 5.88 Å². The molecule has 6 nitrogen and oxygen atoms in total. The van der Waals surface area contributed by atoms with E-state index in [0.717, 1.165) is 0 Å². The lowest BCUT2D eigenvalue weighted by atomic mass is 10.1. The largest absolute Gasteiger partial charge is 0.481 e. The van der Waals surface area contributed by atoms with E-state index in [1.165, 1.54) is 25.3 Å². The van der Waals surface area contributed by atoms with Crippen molar-refractivity contribution in [2.24, 2.45) is 0 Å². The first-order valence-corrected chi connectivity index (χ1v) is 6.92. The van der Waals surface area contributed by atoms with Gasteiger partial charge >= 0.3 is 0 Å². The fourth-order valence-corrected chi connectivity index (χ4v) is 2.09. The van der Waals surface area contributed by atoms with E-state index in [2.05, 4.69) is 15.1 Å². The van der Waals surface area contributed by atoms with Gasteiger partial charge in [-0.15, -0.1) is 0 Å². The molecule has 2 aromatic heterocycles. The number of nitrogens with zero attached hydrogens (tertiary/aromatic N) is 3. The van der Waals surface area contributed by atoms with Crippen molar-refractivity contribution in [1.29, 1.82) is 0 Å². The van der Waals surface area contributed by atoms with Gasteiger partial charge in [-0.05, 0) is 23.8 Å². The van der Waals surface area contributed by atoms with Crippen LogP contribution < -0.4 is 4.74 Å². The lowest BCUT2D eigenvalue weighted by molar-refractivity contribution is 0.164. The molecule has 0 saturated heterocycles. The Balaban J connectivity index is 1.73. The fourth-order valence-electron chi connectivity index (χ4n) is 2.09. The van der Waals surface area contributed by atoms with Gasteiger partial charge in [0.25, 0.3) is 0 Å². The molecule has 0 aliphatic carbocycles. The maximum atomic E-state index is 13.2. The molecule has 1 atom stereocenters. The molecule has 0 saturated carbocycles. The molecule has 2 heterocycles. The van der Waals surface area contributed by atoms with Crippen LogP contribution in [0.25, 0.3) is 11.4 Å². The highest BCUT2D eigenvalue weighted by atomic mass is 19.1. The first-order valence-electron chi connectivity index (χ1n) is 6.92. The highest BCUT2D eigenvalue weighted by molar-refractivity contribution is 5.53. The van der Waals surface area contributed by atoms with Crippen molar-refractivity contribution >= 4 is 0 Å². The van der Waals surface area contributed by atoms with Crippen molar-refractivity contribution < 1.29 is 18.8 Å². The summed E-state index contributed by atoms with van der Waals surface area (Å²) in [5.41, 5.74) is 1.12. The van der Waals surface area contributed by atoms with Gasteiger partial charge in [-0.25, -0.2) is 9.37 Å². The van der Waals surface area contributed by atoms with Gasteiger partial charge in [-0.3, -0.25) is 0 Å². The molecule has 23 heavy (non-hydrogen) atoms. The third-order valence-corrected chi connectivity index (χ3v) is 3.27. The van der Waals surface area contributed by atoms with Gasteiger partial charge in [0.15, 0.2) is 0 Å². The van der Waals surface area contributed by atoms with Gasteiger partial charge in [0.05, 0.1) is 19.6 Å². The molecule has 0 fully saturated rings. The third kappa shape index (κ3) is 3.51. The van der Waals surface area contributed by atoms with Crippen molar-refractivity contribution in [1.82, 2.24) is 15.1 Å². The molecule has 1 aromatic carbocycles. The molecular formula is C16H14FN3O3. The zero-order valence-electron chi connectivity index (χ0n) is 12.3. The van der Waals surface area contributed by atoms with Crippen LogP contribution in [-0.4, -0.2) is 27.3 Å². The van der Waals surface area contributed by atoms with Crippen LogP contribution in [0.15, 0.2) is 47.1 Å². The average Bonchev–Trinajstić information content (AvgIpc) is 3.03. The summed E-state index contributed by atoms with van der Waals surface area (Å²) in [6, 6.07) is 9.21. The van der Waals surface area contributed by atoms with Crippen molar-refractivity contribution in [3.8, 4) is 17.3 Å². The number of hydrogen-bond donors (Lipinski definition) is 1. The Kier molecular flexibility index (Phi) is 4.29. The number of aliphatic hydroxyl groups excluding tert-OH is 1. The number of methoxy groups -OCH3 is 1. The minimum atomic E-state index is -0.923. The summed E-state index contributed by atoms with van der Waals surface area (Å²) >= 11 is 0. The summed E-state index contributed by atoms with van der Waals surface area (Å²) in [5.74, 6) is 0.699. The highest BCUT2D eigenvalue weighted by Gasteiger charge is 2.15. The fraction of sp³-hybridized carbons (Fsp3) is 0.188. The molecule has 0 aliphatic heterocycles. The second-order valence-electron chi connectivity index (χ2n) is 4.88. The van der Waals surface area contributed by atoms with E-state index >= 15 is 0 Å². The monoisotopic (exact) mass is 315 g/mol. The Hall–Kier alpha value is -2.80. The number of benzene rings is 1. The van der Waals surface area contributed by atoms with Crippen LogP contribution in [0.1, 0.15) is 17.6 Å². The quantitative estimate of drug-likeness (QED) is 0.779. The Labute approximate surface area is 131 Å². The molecule has 0 radical (unpaired) electrons. The van der Waals surface area contributed by atoms with E-state index in [9.17, 15) is 9.50 Å². The maximum absolute atomic E-state index is 13.2. The van der Waals surface area contributed by atoms with Crippen LogP contribution in [0, 0.1) is 5.82 Å². The summed E-state index contributed by atoms with van der Waals surface area (Å²) in [5, 5.41) is 14.0. The van der Waals surface area contributed by atoms with Gasteiger partial charge < -0.3 is 14.4 Å². The van der Waals surface area contributed by atoms with E-state index in [0.29, 0.717) is 22.8 Å². The number of aromatic nitrogens is 3. The molecule has 0 spiro atoms. The Bertz CT molecular complexity index is 789. The van der Waals surface area contributed by atoms with Crippen LogP contribution >= 0.6 is 0 Å². The highest BCUT2D eigenvalue weighted by Crippen LogP contribution is 2.21. The minimum absolute atomic E-state index is 0.0973. The predicted octanol–water partition coefficient (Wildman–Crippen LogP) is 2.56. The minimum Gasteiger partial charge on any atom is -0.481 e. The molecule has 0 amide bonds. The van der Waals surface area contributed by atoms with E-state index < -0.39 is 11.9 Å². The second-order valence-corrected chi connectivity index (χ2v) is 4.88. The molecule has 118 valence electrons. The molecule has 0 unspecified atom stereocenters. The first-order chi connectivity index (χ1) is 11.2. The number of hydrogen-bond acceptors (Lipinski definition) is 6. The number of halogens is 1. The van der Waals surface area contributed by atoms with Crippen LogP contribution in [0.3, 0.4) is 0 Å². The summed E-state index contributed by atoms with van der Waals surface area (Å²) in [4.78, 5) is 8.28. The smallest absolute Gasteiger partial charge is 0.229 e. The van der Waals surface area contributed by atoms with Gasteiger partial charge in [0, 0.05) is 17.8 Å². The Morgan fingerprint density at radius 2 is 2.17 bits per heavy atom. The Morgan fingerprint density at radius 3 is 2.87 bits per heavy atom. The van der Waals surface area contributed by atoms with Gasteiger partial charge in [-0.1, -0.05) is 17.3 Å². The summed E-state index contributed by atoms with van der Waals surface area (Å²) in [6.07, 6.45) is 0.740. The van der Waals surface area contributed by atoms with Crippen LogP contribution in [-0.2, 0) is 6.42 Å². The summed E-state index contributed by atoms with van der Waals surface area (Å²) < 4.78 is 23.3. The number of pyridine rings is 1. The number of ether oxygens (including phenoxy) is 1. The van der Waals surface area contributed by atoms with Gasteiger partial charge in [0.1, 0.15) is 5.82 Å². The molecule has 3 rings (SSSR count). The van der Waals surface area contributed by atoms with E-state index in [4.69, 9.17) is 9.26 Å². The third-order valence-electron chi connectivity index (χ3n) is 3.27. The van der Waals surface area contributed by atoms with E-state index in [1.807, 2.05) is 0 Å². The Morgan fingerprint density at radius 1 is 1.30 bits per heavy atom. The zero-order valence-corrected chi connectivity index (χ0v) is 12.3. The predicted molar refractivity (Wildman–Crippen MR) is 79.1 cm³/mol. The standard InChI is InChI=1S/C16H14FN3O3/c1-22-14-6-5-11(9-18-14)16-19-15(23-20-16)8-13(21)10-3-2-4-12(17)7-10/h2-7,9,13,21H,8H2,1H3/t13-/m1/s1. The average molecular weight is 315 g/mol. The molecule has 1 N–H and O–H groups in total. The van der Waals surface area contributed by atoms with Crippen molar-refractivity contribution in [2.45, 2.75) is 12.5 Å². The van der Waals surface area contributed by atoms with E-state index in [1.54, 1.807) is 24.4 Å². The molecule has 0 bridgehead atoms. The second kappa shape index (κ2) is 6.53.